The number of amides is 1. The van der Waals surface area contributed by atoms with E-state index in [4.69, 9.17) is 32.4 Å². The fourth-order valence-electron chi connectivity index (χ4n) is 2.55. The van der Waals surface area contributed by atoms with Crippen LogP contribution in [-0.4, -0.2) is 28.2 Å². The van der Waals surface area contributed by atoms with Crippen LogP contribution in [0.5, 0.6) is 5.88 Å². The maximum Gasteiger partial charge on any atom is 0.257 e. The third kappa shape index (κ3) is 3.76. The van der Waals surface area contributed by atoms with E-state index < -0.39 is 0 Å². The zero-order chi connectivity index (χ0) is 19.7. The lowest BCUT2D eigenvalue weighted by atomic mass is 10.2. The van der Waals surface area contributed by atoms with Crippen molar-refractivity contribution in [2.75, 3.05) is 12.4 Å². The van der Waals surface area contributed by atoms with Crippen molar-refractivity contribution in [3.63, 3.8) is 0 Å². The first-order chi connectivity index (χ1) is 13.5. The van der Waals surface area contributed by atoms with Crippen LogP contribution in [0.4, 0.5) is 5.82 Å². The van der Waals surface area contributed by atoms with Gasteiger partial charge in [0.2, 0.25) is 11.8 Å². The number of rotatable bonds is 4. The molecule has 2 aromatic carbocycles. The van der Waals surface area contributed by atoms with Gasteiger partial charge >= 0.3 is 0 Å². The van der Waals surface area contributed by atoms with Crippen molar-refractivity contribution in [2.45, 2.75) is 0 Å². The number of anilines is 1. The predicted molar refractivity (Wildman–Crippen MR) is 106 cm³/mol. The van der Waals surface area contributed by atoms with Crippen LogP contribution >= 0.6 is 23.2 Å². The van der Waals surface area contributed by atoms with Gasteiger partial charge in [0.15, 0.2) is 11.4 Å². The Morgan fingerprint density at radius 1 is 1.04 bits per heavy atom. The van der Waals surface area contributed by atoms with Gasteiger partial charge in [0, 0.05) is 27.2 Å². The molecule has 0 fully saturated rings. The zero-order valence-corrected chi connectivity index (χ0v) is 16.0. The fourth-order valence-corrected chi connectivity index (χ4v) is 3.08. The summed E-state index contributed by atoms with van der Waals surface area (Å²) in [6.45, 7) is 0. The molecule has 28 heavy (non-hydrogen) atoms. The van der Waals surface area contributed by atoms with Crippen LogP contribution in [0.1, 0.15) is 10.4 Å². The molecule has 2 heterocycles. The molecule has 1 N–H and O–H groups in total. The molecule has 4 aromatic rings. The molecule has 2 aromatic heterocycles. The quantitative estimate of drug-likeness (QED) is 0.512. The Morgan fingerprint density at radius 2 is 1.82 bits per heavy atom. The molecule has 0 aliphatic carbocycles. The Kier molecular flexibility index (Phi) is 4.85. The molecule has 4 rings (SSSR count). The van der Waals surface area contributed by atoms with Crippen molar-refractivity contribution < 1.29 is 13.9 Å². The number of benzene rings is 2. The molecular formula is C19H12Cl2N4O3. The number of methoxy groups -OCH3 is 1. The monoisotopic (exact) mass is 414 g/mol. The SMILES string of the molecule is COc1ccc(NC(=O)c2ccc3nc(-c4cc(Cl)cc(Cl)c4)oc3c2)nn1. The maximum atomic E-state index is 12.5. The minimum atomic E-state index is -0.356. The number of hydrogen-bond donors (Lipinski definition) is 1. The number of carbonyl (C=O) groups is 1. The molecule has 9 heteroatoms. The summed E-state index contributed by atoms with van der Waals surface area (Å²) in [5.74, 6) is 0.663. The summed E-state index contributed by atoms with van der Waals surface area (Å²) in [6.07, 6.45) is 0. The molecule has 0 aliphatic rings. The Labute approximate surface area is 169 Å². The molecule has 0 spiro atoms. The summed E-state index contributed by atoms with van der Waals surface area (Å²) in [7, 11) is 1.49. The highest BCUT2D eigenvalue weighted by molar-refractivity contribution is 6.35. The van der Waals surface area contributed by atoms with Crippen molar-refractivity contribution in [3.8, 4) is 17.3 Å². The number of halogens is 2. The largest absolute Gasteiger partial charge is 0.480 e. The predicted octanol–water partition coefficient (Wildman–Crippen LogP) is 4.85. The van der Waals surface area contributed by atoms with Gasteiger partial charge < -0.3 is 14.5 Å². The lowest BCUT2D eigenvalue weighted by Crippen LogP contribution is -2.13. The second-order valence-corrected chi connectivity index (χ2v) is 6.65. The van der Waals surface area contributed by atoms with E-state index in [9.17, 15) is 4.79 Å². The molecule has 1 amide bonds. The Balaban J connectivity index is 1.61. The first kappa shape index (κ1) is 18.2. The smallest absolute Gasteiger partial charge is 0.257 e. The minimum absolute atomic E-state index is 0.303. The number of nitrogens with zero attached hydrogens (tertiary/aromatic N) is 3. The van der Waals surface area contributed by atoms with Crippen LogP contribution < -0.4 is 10.1 Å². The molecule has 0 radical (unpaired) electrons. The molecule has 0 saturated carbocycles. The van der Waals surface area contributed by atoms with Gasteiger partial charge in [0.05, 0.1) is 7.11 Å². The maximum absolute atomic E-state index is 12.5. The first-order valence-corrected chi connectivity index (χ1v) is 8.83. The number of nitrogens with one attached hydrogen (secondary N) is 1. The van der Waals surface area contributed by atoms with Crippen molar-refractivity contribution in [3.05, 3.63) is 64.1 Å². The Morgan fingerprint density at radius 3 is 2.50 bits per heavy atom. The van der Waals surface area contributed by atoms with Crippen LogP contribution in [0.2, 0.25) is 10.0 Å². The molecular weight excluding hydrogens is 403 g/mol. The van der Waals surface area contributed by atoms with E-state index in [0.717, 1.165) is 0 Å². The van der Waals surface area contributed by atoms with Crippen molar-refractivity contribution in [1.29, 1.82) is 0 Å². The first-order valence-electron chi connectivity index (χ1n) is 8.08. The summed E-state index contributed by atoms with van der Waals surface area (Å²) in [5, 5.41) is 11.3. The van der Waals surface area contributed by atoms with Gasteiger partial charge in [0.25, 0.3) is 5.91 Å². The van der Waals surface area contributed by atoms with E-state index >= 15 is 0 Å². The van der Waals surface area contributed by atoms with E-state index in [1.165, 1.54) is 7.11 Å². The summed E-state index contributed by atoms with van der Waals surface area (Å²) in [6, 6.07) is 13.2. The van der Waals surface area contributed by atoms with Crippen LogP contribution in [0, 0.1) is 0 Å². The van der Waals surface area contributed by atoms with Crippen LogP contribution in [0.3, 0.4) is 0 Å². The average Bonchev–Trinajstić information content (AvgIpc) is 3.11. The van der Waals surface area contributed by atoms with Crippen LogP contribution in [0.15, 0.2) is 52.9 Å². The number of hydrogen-bond acceptors (Lipinski definition) is 6. The van der Waals surface area contributed by atoms with Crippen LogP contribution in [0.25, 0.3) is 22.6 Å². The molecule has 0 aliphatic heterocycles. The summed E-state index contributed by atoms with van der Waals surface area (Å²) in [5.41, 5.74) is 2.09. The zero-order valence-electron chi connectivity index (χ0n) is 14.4. The normalized spacial score (nSPS) is 10.8. The number of aromatic nitrogens is 3. The highest BCUT2D eigenvalue weighted by Crippen LogP contribution is 2.29. The van der Waals surface area contributed by atoms with Gasteiger partial charge in [-0.05, 0) is 42.5 Å². The van der Waals surface area contributed by atoms with Gasteiger partial charge in [0.1, 0.15) is 5.52 Å². The Bertz CT molecular complexity index is 1160. The lowest BCUT2D eigenvalue weighted by Gasteiger charge is -2.04. The number of fused-ring (bicyclic) bond motifs is 1. The van der Waals surface area contributed by atoms with E-state index in [2.05, 4.69) is 20.5 Å². The molecule has 0 saturated heterocycles. The van der Waals surface area contributed by atoms with Gasteiger partial charge in [-0.25, -0.2) is 4.98 Å². The van der Waals surface area contributed by atoms with Gasteiger partial charge in [-0.2, -0.15) is 0 Å². The third-order valence-electron chi connectivity index (χ3n) is 3.85. The second kappa shape index (κ2) is 7.46. The van der Waals surface area contributed by atoms with Gasteiger partial charge in [-0.15, -0.1) is 10.2 Å². The number of oxazole rings is 1. The minimum Gasteiger partial charge on any atom is -0.480 e. The Hall–Kier alpha value is -3.16. The molecule has 0 bridgehead atoms. The van der Waals surface area contributed by atoms with Crippen molar-refractivity contribution in [2.24, 2.45) is 0 Å². The van der Waals surface area contributed by atoms with E-state index in [-0.39, 0.29) is 5.91 Å². The average molecular weight is 415 g/mol. The highest BCUT2D eigenvalue weighted by atomic mass is 35.5. The highest BCUT2D eigenvalue weighted by Gasteiger charge is 2.14. The van der Waals surface area contributed by atoms with E-state index in [0.29, 0.717) is 49.9 Å². The number of ether oxygens (including phenoxy) is 1. The second-order valence-electron chi connectivity index (χ2n) is 5.77. The van der Waals surface area contributed by atoms with E-state index in [1.807, 2.05) is 0 Å². The molecule has 140 valence electrons. The topological polar surface area (TPSA) is 90.1 Å². The fraction of sp³-hybridized carbons (Fsp3) is 0.0526. The third-order valence-corrected chi connectivity index (χ3v) is 4.29. The van der Waals surface area contributed by atoms with E-state index in [1.54, 1.807) is 48.5 Å². The summed E-state index contributed by atoms with van der Waals surface area (Å²) < 4.78 is 10.7. The van der Waals surface area contributed by atoms with Gasteiger partial charge in [-0.1, -0.05) is 23.2 Å². The molecule has 0 unspecified atom stereocenters. The van der Waals surface area contributed by atoms with Crippen molar-refractivity contribution in [1.82, 2.24) is 15.2 Å². The van der Waals surface area contributed by atoms with Crippen molar-refractivity contribution >= 4 is 46.0 Å². The van der Waals surface area contributed by atoms with Crippen LogP contribution in [-0.2, 0) is 0 Å². The standard InChI is InChI=1S/C19H12Cl2N4O3/c1-27-17-5-4-16(24-25-17)23-18(26)10-2-3-14-15(8-10)28-19(22-14)11-6-12(20)9-13(21)7-11/h2-9H,1H3,(H,23,24,26). The summed E-state index contributed by atoms with van der Waals surface area (Å²) >= 11 is 12.1. The van der Waals surface area contributed by atoms with Gasteiger partial charge in [-0.3, -0.25) is 4.79 Å². The molecule has 7 nitrogen and oxygen atoms in total. The number of carbonyl (C=O) groups excluding carboxylic acids is 1. The summed E-state index contributed by atoms with van der Waals surface area (Å²) in [4.78, 5) is 16.9. The lowest BCUT2D eigenvalue weighted by molar-refractivity contribution is 0.102. The molecule has 0 atom stereocenters.